The highest BCUT2D eigenvalue weighted by Crippen LogP contribution is 2.60. The Labute approximate surface area is 196 Å². The van der Waals surface area contributed by atoms with Crippen LogP contribution in [0.4, 0.5) is 11.4 Å². The van der Waals surface area contributed by atoms with Gasteiger partial charge in [-0.3, -0.25) is 9.10 Å². The number of rotatable bonds is 7. The summed E-state index contributed by atoms with van der Waals surface area (Å²) in [5, 5.41) is 2.87. The van der Waals surface area contributed by atoms with E-state index in [1.165, 1.54) is 51.2 Å². The predicted octanol–water partition coefficient (Wildman–Crippen LogP) is 4.57. The van der Waals surface area contributed by atoms with Crippen LogP contribution in [-0.4, -0.2) is 34.2 Å². The standard InChI is InChI=1S/C26H32N2O4S/c1-32-24-6-4-3-5-23(24)28(33(2,30)31)17-25(29)27-22-9-7-21(8-10-22)26-14-18-11-19(15-26)13-20(12-18)16-26/h3-10,18-20H,11-17H2,1-2H3,(H,27,29). The normalized spacial score (nSPS) is 27.9. The summed E-state index contributed by atoms with van der Waals surface area (Å²) in [6, 6.07) is 15.0. The van der Waals surface area contributed by atoms with Gasteiger partial charge in [-0.1, -0.05) is 24.3 Å². The van der Waals surface area contributed by atoms with E-state index in [2.05, 4.69) is 17.4 Å². The van der Waals surface area contributed by atoms with Gasteiger partial charge < -0.3 is 10.1 Å². The quantitative estimate of drug-likeness (QED) is 0.646. The first-order valence-electron chi connectivity index (χ1n) is 11.8. The molecule has 6 nitrogen and oxygen atoms in total. The van der Waals surface area contributed by atoms with Crippen LogP contribution in [0.2, 0.25) is 0 Å². The first kappa shape index (κ1) is 22.3. The zero-order chi connectivity index (χ0) is 23.2. The van der Waals surface area contributed by atoms with Crippen molar-refractivity contribution in [2.75, 3.05) is 29.5 Å². The SMILES string of the molecule is COc1ccccc1N(CC(=O)Nc1ccc(C23CC4CC(CC(C4)C2)C3)cc1)S(C)(=O)=O. The average Bonchev–Trinajstić information content (AvgIpc) is 2.76. The van der Waals surface area contributed by atoms with E-state index in [1.54, 1.807) is 24.3 Å². The number of hydrogen-bond acceptors (Lipinski definition) is 4. The molecule has 4 aliphatic carbocycles. The van der Waals surface area contributed by atoms with E-state index < -0.39 is 15.9 Å². The van der Waals surface area contributed by atoms with E-state index in [0.29, 0.717) is 22.5 Å². The lowest BCUT2D eigenvalue weighted by Gasteiger charge is -2.57. The van der Waals surface area contributed by atoms with E-state index in [4.69, 9.17) is 4.74 Å². The summed E-state index contributed by atoms with van der Waals surface area (Å²) in [6.07, 6.45) is 9.23. The van der Waals surface area contributed by atoms with Gasteiger partial charge in [-0.2, -0.15) is 0 Å². The number of carbonyl (C=O) groups is 1. The molecule has 0 heterocycles. The number of benzene rings is 2. The fourth-order valence-electron chi connectivity index (χ4n) is 6.92. The number of amides is 1. The third kappa shape index (κ3) is 4.35. The molecule has 4 saturated carbocycles. The second kappa shape index (κ2) is 8.35. The molecule has 2 aromatic carbocycles. The van der Waals surface area contributed by atoms with Crippen molar-refractivity contribution in [1.82, 2.24) is 0 Å². The molecule has 0 saturated heterocycles. The third-order valence-corrected chi connectivity index (χ3v) is 8.99. The van der Waals surface area contributed by atoms with Gasteiger partial charge in [0.05, 0.1) is 19.1 Å². The molecule has 1 amide bonds. The van der Waals surface area contributed by atoms with Crippen LogP contribution in [-0.2, 0) is 20.2 Å². The number of sulfonamides is 1. The van der Waals surface area contributed by atoms with E-state index in [-0.39, 0.29) is 6.54 Å². The zero-order valence-electron chi connectivity index (χ0n) is 19.3. The van der Waals surface area contributed by atoms with Crippen LogP contribution in [0.3, 0.4) is 0 Å². The molecule has 0 unspecified atom stereocenters. The molecule has 0 aliphatic heterocycles. The fraction of sp³-hybridized carbons (Fsp3) is 0.500. The van der Waals surface area contributed by atoms with E-state index in [1.807, 2.05) is 12.1 Å². The van der Waals surface area contributed by atoms with Crippen LogP contribution in [0, 0.1) is 17.8 Å². The van der Waals surface area contributed by atoms with E-state index in [9.17, 15) is 13.2 Å². The average molecular weight is 469 g/mol. The molecule has 0 aromatic heterocycles. The van der Waals surface area contributed by atoms with Gasteiger partial charge in [0.2, 0.25) is 15.9 Å². The Balaban J connectivity index is 1.30. The van der Waals surface area contributed by atoms with Crippen LogP contribution in [0.25, 0.3) is 0 Å². The number of nitrogens with zero attached hydrogens (tertiary/aromatic N) is 1. The molecule has 0 radical (unpaired) electrons. The Kier molecular flexibility index (Phi) is 5.63. The zero-order valence-corrected chi connectivity index (χ0v) is 20.1. The molecule has 4 aliphatic rings. The first-order valence-corrected chi connectivity index (χ1v) is 13.6. The maximum atomic E-state index is 12.8. The lowest BCUT2D eigenvalue weighted by Crippen LogP contribution is -2.48. The molecule has 176 valence electrons. The van der Waals surface area contributed by atoms with Crippen LogP contribution < -0.4 is 14.4 Å². The summed E-state index contributed by atoms with van der Waals surface area (Å²) < 4.78 is 31.2. The van der Waals surface area contributed by atoms with Gasteiger partial charge in [0.25, 0.3) is 0 Å². The summed E-state index contributed by atoms with van der Waals surface area (Å²) in [5.74, 6) is 2.65. The number of methoxy groups -OCH3 is 1. The predicted molar refractivity (Wildman–Crippen MR) is 130 cm³/mol. The third-order valence-electron chi connectivity index (χ3n) is 7.86. The Morgan fingerprint density at radius 1 is 1.00 bits per heavy atom. The van der Waals surface area contributed by atoms with Crippen molar-refractivity contribution in [3.63, 3.8) is 0 Å². The second-order valence-electron chi connectivity index (χ2n) is 10.3. The van der Waals surface area contributed by atoms with Crippen molar-refractivity contribution in [1.29, 1.82) is 0 Å². The Morgan fingerprint density at radius 2 is 1.58 bits per heavy atom. The number of carbonyl (C=O) groups excluding carboxylic acids is 1. The van der Waals surface area contributed by atoms with Crippen molar-refractivity contribution in [2.24, 2.45) is 17.8 Å². The summed E-state index contributed by atoms with van der Waals surface area (Å²) in [7, 11) is -2.20. The summed E-state index contributed by atoms with van der Waals surface area (Å²) in [4.78, 5) is 12.8. The molecule has 6 rings (SSSR count). The maximum absolute atomic E-state index is 12.8. The Hall–Kier alpha value is -2.54. The number of anilines is 2. The highest BCUT2D eigenvalue weighted by Gasteiger charge is 2.51. The molecule has 1 N–H and O–H groups in total. The van der Waals surface area contributed by atoms with Gasteiger partial charge in [-0.05, 0) is 91.5 Å². The first-order chi connectivity index (χ1) is 15.8. The minimum Gasteiger partial charge on any atom is -0.495 e. The van der Waals surface area contributed by atoms with Crippen LogP contribution in [0.1, 0.15) is 44.1 Å². The number of para-hydroxylation sites is 2. The molecule has 33 heavy (non-hydrogen) atoms. The Bertz CT molecular complexity index is 1110. The fourth-order valence-corrected chi connectivity index (χ4v) is 7.78. The van der Waals surface area contributed by atoms with Gasteiger partial charge in [-0.15, -0.1) is 0 Å². The van der Waals surface area contributed by atoms with Crippen LogP contribution in [0.5, 0.6) is 5.75 Å². The van der Waals surface area contributed by atoms with Gasteiger partial charge in [0.15, 0.2) is 0 Å². The number of ether oxygens (including phenoxy) is 1. The topological polar surface area (TPSA) is 75.7 Å². The monoisotopic (exact) mass is 468 g/mol. The summed E-state index contributed by atoms with van der Waals surface area (Å²) >= 11 is 0. The van der Waals surface area contributed by atoms with Crippen molar-refractivity contribution in [2.45, 2.75) is 43.9 Å². The minimum absolute atomic E-state index is 0.314. The van der Waals surface area contributed by atoms with E-state index >= 15 is 0 Å². The number of nitrogens with one attached hydrogen (secondary N) is 1. The highest BCUT2D eigenvalue weighted by atomic mass is 32.2. The molecule has 0 spiro atoms. The minimum atomic E-state index is -3.68. The molecule has 0 atom stereocenters. The van der Waals surface area contributed by atoms with Crippen LogP contribution >= 0.6 is 0 Å². The summed E-state index contributed by atoms with van der Waals surface area (Å²) in [6.45, 7) is -0.323. The lowest BCUT2D eigenvalue weighted by molar-refractivity contribution is -0.114. The molecule has 4 bridgehead atoms. The van der Waals surface area contributed by atoms with E-state index in [0.717, 1.165) is 28.3 Å². The van der Waals surface area contributed by atoms with Crippen molar-refractivity contribution in [3.05, 3.63) is 54.1 Å². The summed E-state index contributed by atoms with van der Waals surface area (Å²) in [5.41, 5.74) is 2.73. The van der Waals surface area contributed by atoms with Crippen molar-refractivity contribution in [3.8, 4) is 5.75 Å². The molecule has 4 fully saturated rings. The smallest absolute Gasteiger partial charge is 0.245 e. The van der Waals surface area contributed by atoms with Gasteiger partial charge in [-0.25, -0.2) is 8.42 Å². The molecular weight excluding hydrogens is 436 g/mol. The van der Waals surface area contributed by atoms with Crippen LogP contribution in [0.15, 0.2) is 48.5 Å². The molecule has 7 heteroatoms. The maximum Gasteiger partial charge on any atom is 0.245 e. The largest absolute Gasteiger partial charge is 0.495 e. The van der Waals surface area contributed by atoms with Gasteiger partial charge in [0, 0.05) is 5.69 Å². The molecular formula is C26H32N2O4S. The second-order valence-corrected chi connectivity index (χ2v) is 12.2. The van der Waals surface area contributed by atoms with Crippen molar-refractivity contribution < 1.29 is 17.9 Å². The lowest BCUT2D eigenvalue weighted by atomic mass is 9.48. The van der Waals surface area contributed by atoms with Gasteiger partial charge in [0.1, 0.15) is 12.3 Å². The number of hydrogen-bond donors (Lipinski definition) is 1. The Morgan fingerprint density at radius 3 is 2.12 bits per heavy atom. The molecule has 2 aromatic rings. The van der Waals surface area contributed by atoms with Gasteiger partial charge >= 0.3 is 0 Å². The van der Waals surface area contributed by atoms with Crippen molar-refractivity contribution >= 4 is 27.3 Å². The highest BCUT2D eigenvalue weighted by molar-refractivity contribution is 7.92.